The Bertz CT molecular complexity index is 877. The third-order valence-corrected chi connectivity index (χ3v) is 3.65. The van der Waals surface area contributed by atoms with Gasteiger partial charge in [0, 0.05) is 5.69 Å². The molecule has 0 aliphatic carbocycles. The number of rotatable bonds is 4. The molecule has 5 nitrogen and oxygen atoms in total. The van der Waals surface area contributed by atoms with Gasteiger partial charge in [0.05, 0.1) is 12.1 Å². The summed E-state index contributed by atoms with van der Waals surface area (Å²) in [5.74, 6) is 0.376. The highest BCUT2D eigenvalue weighted by molar-refractivity contribution is 5.73. The molecule has 3 aromatic rings. The molecule has 1 heterocycles. The first-order valence-electron chi connectivity index (χ1n) is 7.13. The Balaban J connectivity index is 1.76. The minimum Gasteiger partial charge on any atom is -0.492 e. The molecule has 2 aromatic carbocycles. The molecule has 5 heteroatoms. The lowest BCUT2D eigenvalue weighted by molar-refractivity contribution is 0.294. The van der Waals surface area contributed by atoms with Crippen LogP contribution in [0, 0.1) is 13.8 Å². The van der Waals surface area contributed by atoms with Crippen molar-refractivity contribution in [2.24, 2.45) is 0 Å². The minimum atomic E-state index is -0.363. The van der Waals surface area contributed by atoms with E-state index >= 15 is 0 Å². The van der Waals surface area contributed by atoms with Gasteiger partial charge in [-0.25, -0.2) is 4.79 Å². The number of aromatic nitrogens is 1. The van der Waals surface area contributed by atoms with Crippen molar-refractivity contribution in [2.45, 2.75) is 20.4 Å². The number of anilines is 1. The third kappa shape index (κ3) is 2.70. The number of nitrogens with zero attached hydrogens (tertiary/aromatic N) is 1. The summed E-state index contributed by atoms with van der Waals surface area (Å²) < 4.78 is 12.5. The summed E-state index contributed by atoms with van der Waals surface area (Å²) in [4.78, 5) is 11.9. The summed E-state index contributed by atoms with van der Waals surface area (Å²) in [6.45, 7) is 4.72. The Morgan fingerprint density at radius 1 is 1.18 bits per heavy atom. The lowest BCUT2D eigenvalue weighted by Gasteiger charge is -2.08. The van der Waals surface area contributed by atoms with E-state index in [2.05, 4.69) is 0 Å². The molecule has 0 saturated heterocycles. The zero-order valence-electron chi connectivity index (χ0n) is 12.6. The predicted octanol–water partition coefficient (Wildman–Crippen LogP) is 2.87. The van der Waals surface area contributed by atoms with Crippen LogP contribution in [0.2, 0.25) is 0 Å². The molecule has 0 spiro atoms. The number of hydrogen-bond donors (Lipinski definition) is 1. The Morgan fingerprint density at radius 3 is 2.77 bits per heavy atom. The van der Waals surface area contributed by atoms with E-state index in [-0.39, 0.29) is 5.76 Å². The monoisotopic (exact) mass is 298 g/mol. The smallest absolute Gasteiger partial charge is 0.420 e. The van der Waals surface area contributed by atoms with Crippen molar-refractivity contribution in [3.8, 4) is 5.75 Å². The van der Waals surface area contributed by atoms with Gasteiger partial charge in [0.25, 0.3) is 0 Å². The molecule has 1 aromatic heterocycles. The minimum absolute atomic E-state index is 0.363. The molecule has 0 bridgehead atoms. The normalized spacial score (nSPS) is 11.0. The van der Waals surface area contributed by atoms with Crippen LogP contribution in [-0.2, 0) is 6.54 Å². The first-order chi connectivity index (χ1) is 10.5. The van der Waals surface area contributed by atoms with Crippen LogP contribution < -0.4 is 16.2 Å². The van der Waals surface area contributed by atoms with E-state index < -0.39 is 0 Å². The molecule has 0 radical (unpaired) electrons. The van der Waals surface area contributed by atoms with Crippen LogP contribution in [0.4, 0.5) is 5.69 Å². The summed E-state index contributed by atoms with van der Waals surface area (Å²) >= 11 is 0. The van der Waals surface area contributed by atoms with Crippen molar-refractivity contribution in [3.05, 3.63) is 58.1 Å². The fourth-order valence-corrected chi connectivity index (χ4v) is 2.38. The molecule has 3 rings (SSSR count). The van der Waals surface area contributed by atoms with Gasteiger partial charge >= 0.3 is 5.76 Å². The van der Waals surface area contributed by atoms with Crippen molar-refractivity contribution in [1.82, 2.24) is 4.57 Å². The fourth-order valence-electron chi connectivity index (χ4n) is 2.38. The molecule has 0 saturated carbocycles. The molecule has 114 valence electrons. The highest BCUT2D eigenvalue weighted by Crippen LogP contribution is 2.19. The number of fused-ring (bicyclic) bond motifs is 1. The molecule has 22 heavy (non-hydrogen) atoms. The summed E-state index contributed by atoms with van der Waals surface area (Å²) in [6.07, 6.45) is 0. The van der Waals surface area contributed by atoms with E-state index in [4.69, 9.17) is 14.9 Å². The number of oxazole rings is 1. The SMILES string of the molecule is Cc1ccc2oc(=O)n(CCOc3ccc(N)c(C)c3)c2c1. The largest absolute Gasteiger partial charge is 0.492 e. The first-order valence-corrected chi connectivity index (χ1v) is 7.13. The molecule has 0 aliphatic rings. The van der Waals surface area contributed by atoms with Crippen LogP contribution in [0.1, 0.15) is 11.1 Å². The molecule has 0 aliphatic heterocycles. The number of nitrogens with two attached hydrogens (primary N) is 1. The van der Waals surface area contributed by atoms with Crippen LogP contribution in [0.5, 0.6) is 5.75 Å². The van der Waals surface area contributed by atoms with E-state index in [9.17, 15) is 4.79 Å². The van der Waals surface area contributed by atoms with Gasteiger partial charge < -0.3 is 14.9 Å². The van der Waals surface area contributed by atoms with Crippen molar-refractivity contribution in [3.63, 3.8) is 0 Å². The Hall–Kier alpha value is -2.69. The second-order valence-electron chi connectivity index (χ2n) is 5.36. The maximum absolute atomic E-state index is 11.9. The van der Waals surface area contributed by atoms with Crippen LogP contribution >= 0.6 is 0 Å². The number of aryl methyl sites for hydroxylation is 2. The average molecular weight is 298 g/mol. The van der Waals surface area contributed by atoms with Gasteiger partial charge in [0.2, 0.25) is 0 Å². The number of hydrogen-bond acceptors (Lipinski definition) is 4. The van der Waals surface area contributed by atoms with E-state index in [1.807, 2.05) is 50.2 Å². The van der Waals surface area contributed by atoms with Gasteiger partial charge in [-0.3, -0.25) is 4.57 Å². The number of nitrogen functional groups attached to an aromatic ring is 1. The maximum Gasteiger partial charge on any atom is 0.420 e. The molecular formula is C17H18N2O3. The number of benzene rings is 2. The molecule has 0 unspecified atom stereocenters. The lowest BCUT2D eigenvalue weighted by Crippen LogP contribution is -2.18. The van der Waals surface area contributed by atoms with Gasteiger partial charge in [-0.15, -0.1) is 0 Å². The molecular weight excluding hydrogens is 280 g/mol. The first kappa shape index (κ1) is 14.3. The maximum atomic E-state index is 11.9. The van der Waals surface area contributed by atoms with E-state index in [0.29, 0.717) is 18.7 Å². The molecule has 0 amide bonds. The highest BCUT2D eigenvalue weighted by Gasteiger charge is 2.09. The van der Waals surface area contributed by atoms with Crippen molar-refractivity contribution >= 4 is 16.8 Å². The van der Waals surface area contributed by atoms with Gasteiger partial charge in [0.1, 0.15) is 12.4 Å². The summed E-state index contributed by atoms with van der Waals surface area (Å²) in [5.41, 5.74) is 9.96. The zero-order valence-corrected chi connectivity index (χ0v) is 12.6. The third-order valence-electron chi connectivity index (χ3n) is 3.65. The molecule has 0 fully saturated rings. The van der Waals surface area contributed by atoms with Crippen LogP contribution in [0.3, 0.4) is 0 Å². The quantitative estimate of drug-likeness (QED) is 0.752. The Morgan fingerprint density at radius 2 is 2.00 bits per heavy atom. The van der Waals surface area contributed by atoms with Crippen LogP contribution in [-0.4, -0.2) is 11.2 Å². The van der Waals surface area contributed by atoms with Crippen LogP contribution in [0.25, 0.3) is 11.1 Å². The van der Waals surface area contributed by atoms with Crippen molar-refractivity contribution < 1.29 is 9.15 Å². The average Bonchev–Trinajstić information content (AvgIpc) is 2.79. The topological polar surface area (TPSA) is 70.4 Å². The second kappa shape index (κ2) is 5.60. The van der Waals surface area contributed by atoms with E-state index in [1.54, 1.807) is 4.57 Å². The molecule has 2 N–H and O–H groups in total. The predicted molar refractivity (Wildman–Crippen MR) is 86.3 cm³/mol. The Kier molecular flexibility index (Phi) is 3.63. The number of ether oxygens (including phenoxy) is 1. The van der Waals surface area contributed by atoms with Gasteiger partial charge in [-0.2, -0.15) is 0 Å². The van der Waals surface area contributed by atoms with Gasteiger partial charge in [0.15, 0.2) is 5.58 Å². The van der Waals surface area contributed by atoms with Crippen LogP contribution in [0.15, 0.2) is 45.6 Å². The van der Waals surface area contributed by atoms with E-state index in [1.165, 1.54) is 0 Å². The van der Waals surface area contributed by atoms with Crippen molar-refractivity contribution in [1.29, 1.82) is 0 Å². The van der Waals surface area contributed by atoms with Crippen molar-refractivity contribution in [2.75, 3.05) is 12.3 Å². The summed E-state index contributed by atoms with van der Waals surface area (Å²) in [7, 11) is 0. The summed E-state index contributed by atoms with van der Waals surface area (Å²) in [5, 5.41) is 0. The van der Waals surface area contributed by atoms with E-state index in [0.717, 1.165) is 28.1 Å². The zero-order chi connectivity index (χ0) is 15.7. The lowest BCUT2D eigenvalue weighted by atomic mass is 10.2. The fraction of sp³-hybridized carbons (Fsp3) is 0.235. The Labute approximate surface area is 127 Å². The second-order valence-corrected chi connectivity index (χ2v) is 5.36. The standard InChI is InChI=1S/C17H18N2O3/c1-11-3-6-16-15(9-11)19(17(20)22-16)7-8-21-13-4-5-14(18)12(2)10-13/h3-6,9-10H,7-8,18H2,1-2H3. The van der Waals surface area contributed by atoms with Gasteiger partial charge in [-0.1, -0.05) is 6.07 Å². The summed E-state index contributed by atoms with van der Waals surface area (Å²) in [6, 6.07) is 11.2. The highest BCUT2D eigenvalue weighted by atomic mass is 16.5. The van der Waals surface area contributed by atoms with Gasteiger partial charge in [-0.05, 0) is 55.3 Å². The molecule has 0 atom stereocenters.